The SMILES string of the molecule is O=C(N[C@H]1CC[C@H](O)C1)c1ccc2nc(-c3cc(Cl)cc(Cl)c3)oc2c1. The minimum absolute atomic E-state index is 0.00656. The molecule has 1 amide bonds. The zero-order valence-corrected chi connectivity index (χ0v) is 15.2. The number of hydrogen-bond donors (Lipinski definition) is 2. The number of carbonyl (C=O) groups is 1. The van der Waals surface area contributed by atoms with Gasteiger partial charge in [-0.1, -0.05) is 23.2 Å². The van der Waals surface area contributed by atoms with Gasteiger partial charge in [-0.05, 0) is 55.7 Å². The number of carbonyl (C=O) groups excluding carboxylic acids is 1. The molecule has 0 saturated heterocycles. The third-order valence-corrected chi connectivity index (χ3v) is 4.94. The summed E-state index contributed by atoms with van der Waals surface area (Å²) in [6.45, 7) is 0. The fourth-order valence-corrected chi connectivity index (χ4v) is 3.75. The van der Waals surface area contributed by atoms with Crippen LogP contribution in [0.2, 0.25) is 10.0 Å². The van der Waals surface area contributed by atoms with E-state index in [1.54, 1.807) is 36.4 Å². The number of nitrogens with zero attached hydrogens (tertiary/aromatic N) is 1. The van der Waals surface area contributed by atoms with Crippen LogP contribution in [-0.4, -0.2) is 28.1 Å². The lowest BCUT2D eigenvalue weighted by atomic mass is 10.1. The van der Waals surface area contributed by atoms with Crippen molar-refractivity contribution < 1.29 is 14.3 Å². The highest BCUT2D eigenvalue weighted by Gasteiger charge is 2.24. The van der Waals surface area contributed by atoms with Gasteiger partial charge in [-0.15, -0.1) is 0 Å². The standard InChI is InChI=1S/C19H16Cl2N2O3/c20-12-5-11(6-13(21)8-12)19-23-16-4-1-10(7-17(16)26-19)18(25)22-14-2-3-15(24)9-14/h1,4-8,14-15,24H,2-3,9H2,(H,22,25)/t14-,15-/m0/s1. The third kappa shape index (κ3) is 3.56. The number of hydrogen-bond acceptors (Lipinski definition) is 4. The van der Waals surface area contributed by atoms with Gasteiger partial charge in [0, 0.05) is 27.2 Å². The molecular weight excluding hydrogens is 375 g/mol. The highest BCUT2D eigenvalue weighted by molar-refractivity contribution is 6.35. The Morgan fingerprint density at radius 1 is 1.15 bits per heavy atom. The Morgan fingerprint density at radius 2 is 1.92 bits per heavy atom. The molecule has 1 heterocycles. The Kier molecular flexibility index (Phi) is 4.61. The van der Waals surface area contributed by atoms with E-state index in [1.165, 1.54) is 0 Å². The number of oxazole rings is 1. The second-order valence-corrected chi connectivity index (χ2v) is 7.37. The first kappa shape index (κ1) is 17.3. The topological polar surface area (TPSA) is 75.4 Å². The van der Waals surface area contributed by atoms with Gasteiger partial charge in [0.15, 0.2) is 5.58 Å². The summed E-state index contributed by atoms with van der Waals surface area (Å²) in [5.41, 5.74) is 2.31. The molecule has 0 radical (unpaired) electrons. The maximum Gasteiger partial charge on any atom is 0.251 e. The van der Waals surface area contributed by atoms with Crippen LogP contribution in [0.15, 0.2) is 40.8 Å². The molecule has 0 spiro atoms. The van der Waals surface area contributed by atoms with Gasteiger partial charge in [-0.2, -0.15) is 0 Å². The largest absolute Gasteiger partial charge is 0.436 e. The zero-order valence-electron chi connectivity index (χ0n) is 13.7. The van der Waals surface area contributed by atoms with E-state index in [1.807, 2.05) is 0 Å². The lowest BCUT2D eigenvalue weighted by Gasteiger charge is -2.11. The summed E-state index contributed by atoms with van der Waals surface area (Å²) in [5, 5.41) is 13.5. The minimum Gasteiger partial charge on any atom is -0.436 e. The summed E-state index contributed by atoms with van der Waals surface area (Å²) in [4.78, 5) is 16.9. The summed E-state index contributed by atoms with van der Waals surface area (Å²) >= 11 is 12.1. The molecule has 1 aliphatic rings. The van der Waals surface area contributed by atoms with E-state index in [4.69, 9.17) is 27.6 Å². The summed E-state index contributed by atoms with van der Waals surface area (Å²) in [6.07, 6.45) is 1.77. The molecule has 26 heavy (non-hydrogen) atoms. The molecule has 2 N–H and O–H groups in total. The number of aliphatic hydroxyl groups is 1. The Balaban J connectivity index is 1.60. The molecule has 134 valence electrons. The van der Waals surface area contributed by atoms with E-state index in [-0.39, 0.29) is 18.1 Å². The second kappa shape index (κ2) is 6.91. The quantitative estimate of drug-likeness (QED) is 0.692. The second-order valence-electron chi connectivity index (χ2n) is 6.50. The lowest BCUT2D eigenvalue weighted by molar-refractivity contribution is 0.0934. The monoisotopic (exact) mass is 390 g/mol. The molecule has 0 aliphatic heterocycles. The van der Waals surface area contributed by atoms with Crippen LogP contribution in [0.5, 0.6) is 0 Å². The van der Waals surface area contributed by atoms with Gasteiger partial charge in [0.05, 0.1) is 6.10 Å². The molecular formula is C19H16Cl2N2O3. The van der Waals surface area contributed by atoms with Crippen molar-refractivity contribution in [1.29, 1.82) is 0 Å². The summed E-state index contributed by atoms with van der Waals surface area (Å²) < 4.78 is 5.79. The van der Waals surface area contributed by atoms with Crippen LogP contribution in [0.1, 0.15) is 29.6 Å². The molecule has 4 rings (SSSR count). The van der Waals surface area contributed by atoms with Gasteiger partial charge in [0.25, 0.3) is 5.91 Å². The zero-order chi connectivity index (χ0) is 18.3. The van der Waals surface area contributed by atoms with E-state index < -0.39 is 0 Å². The Bertz CT molecular complexity index is 966. The van der Waals surface area contributed by atoms with E-state index in [2.05, 4.69) is 10.3 Å². The average molecular weight is 391 g/mol. The van der Waals surface area contributed by atoms with E-state index >= 15 is 0 Å². The number of amides is 1. The van der Waals surface area contributed by atoms with Crippen LogP contribution in [0.25, 0.3) is 22.6 Å². The van der Waals surface area contributed by atoms with E-state index in [0.717, 1.165) is 12.8 Å². The van der Waals surface area contributed by atoms with Crippen molar-refractivity contribution in [3.05, 3.63) is 52.0 Å². The number of aliphatic hydroxyl groups excluding tert-OH is 1. The van der Waals surface area contributed by atoms with Crippen molar-refractivity contribution in [3.63, 3.8) is 0 Å². The van der Waals surface area contributed by atoms with Gasteiger partial charge < -0.3 is 14.8 Å². The van der Waals surface area contributed by atoms with E-state index in [9.17, 15) is 9.90 Å². The first-order valence-electron chi connectivity index (χ1n) is 8.34. The first-order valence-corrected chi connectivity index (χ1v) is 9.09. The van der Waals surface area contributed by atoms with Gasteiger partial charge in [-0.3, -0.25) is 4.79 Å². The van der Waals surface area contributed by atoms with Crippen LogP contribution >= 0.6 is 23.2 Å². The minimum atomic E-state index is -0.330. The fraction of sp³-hybridized carbons (Fsp3) is 0.263. The average Bonchev–Trinajstić information content (AvgIpc) is 3.19. The highest BCUT2D eigenvalue weighted by atomic mass is 35.5. The van der Waals surface area contributed by atoms with Crippen molar-refractivity contribution in [2.75, 3.05) is 0 Å². The Morgan fingerprint density at radius 3 is 2.62 bits per heavy atom. The number of halogens is 2. The van der Waals surface area contributed by atoms with Crippen molar-refractivity contribution in [1.82, 2.24) is 10.3 Å². The van der Waals surface area contributed by atoms with Gasteiger partial charge in [0.2, 0.25) is 5.89 Å². The third-order valence-electron chi connectivity index (χ3n) is 4.50. The summed E-state index contributed by atoms with van der Waals surface area (Å²) in [5.74, 6) is 0.204. The number of fused-ring (bicyclic) bond motifs is 1. The van der Waals surface area contributed by atoms with Gasteiger partial charge in [0.1, 0.15) is 5.52 Å². The molecule has 5 nitrogen and oxygen atoms in total. The molecule has 0 bridgehead atoms. The summed E-state index contributed by atoms with van der Waals surface area (Å²) in [6, 6.07) is 10.2. The molecule has 0 unspecified atom stereocenters. The number of aromatic nitrogens is 1. The van der Waals surface area contributed by atoms with Crippen LogP contribution in [0.4, 0.5) is 0 Å². The predicted molar refractivity (Wildman–Crippen MR) is 101 cm³/mol. The molecule has 3 aromatic rings. The maximum atomic E-state index is 12.4. The highest BCUT2D eigenvalue weighted by Crippen LogP contribution is 2.29. The maximum absolute atomic E-state index is 12.4. The number of rotatable bonds is 3. The molecule has 1 aromatic heterocycles. The first-order chi connectivity index (χ1) is 12.5. The Labute approximate surface area is 159 Å². The molecule has 1 saturated carbocycles. The van der Waals surface area contributed by atoms with Gasteiger partial charge >= 0.3 is 0 Å². The Hall–Kier alpha value is -2.08. The molecule has 1 aliphatic carbocycles. The van der Waals surface area contributed by atoms with Crippen molar-refractivity contribution in [2.24, 2.45) is 0 Å². The molecule has 1 fully saturated rings. The van der Waals surface area contributed by atoms with Crippen molar-refractivity contribution >= 4 is 40.2 Å². The smallest absolute Gasteiger partial charge is 0.251 e. The normalized spacial score (nSPS) is 19.8. The van der Waals surface area contributed by atoms with Crippen LogP contribution < -0.4 is 5.32 Å². The van der Waals surface area contributed by atoms with E-state index in [0.29, 0.717) is 44.6 Å². The number of benzene rings is 2. The van der Waals surface area contributed by atoms with Gasteiger partial charge in [-0.25, -0.2) is 4.98 Å². The lowest BCUT2D eigenvalue weighted by Crippen LogP contribution is -2.33. The van der Waals surface area contributed by atoms with Crippen molar-refractivity contribution in [2.45, 2.75) is 31.4 Å². The molecule has 7 heteroatoms. The molecule has 2 atom stereocenters. The predicted octanol–water partition coefficient (Wildman–Crippen LogP) is 4.44. The molecule has 2 aromatic carbocycles. The van der Waals surface area contributed by atoms with Crippen molar-refractivity contribution in [3.8, 4) is 11.5 Å². The van der Waals surface area contributed by atoms with Crippen LogP contribution in [0.3, 0.4) is 0 Å². The number of nitrogens with one attached hydrogen (secondary N) is 1. The fourth-order valence-electron chi connectivity index (χ4n) is 3.22. The van der Waals surface area contributed by atoms with Crippen LogP contribution in [0, 0.1) is 0 Å². The van der Waals surface area contributed by atoms with Crippen LogP contribution in [-0.2, 0) is 0 Å². The summed E-state index contributed by atoms with van der Waals surface area (Å²) in [7, 11) is 0.